The van der Waals surface area contributed by atoms with Crippen LogP contribution in [0.5, 0.6) is 0 Å². The third-order valence-corrected chi connectivity index (χ3v) is 3.80. The molecule has 0 saturated heterocycles. The second kappa shape index (κ2) is 7.65. The quantitative estimate of drug-likeness (QED) is 0.800. The van der Waals surface area contributed by atoms with Crippen molar-refractivity contribution in [1.29, 1.82) is 0 Å². The van der Waals surface area contributed by atoms with Gasteiger partial charge in [0.25, 0.3) is 5.91 Å². The first kappa shape index (κ1) is 16.2. The lowest BCUT2D eigenvalue weighted by atomic mass is 10.1. The minimum Gasteiger partial charge on any atom is -0.383 e. The molecule has 1 aromatic rings. The first-order valence-corrected chi connectivity index (χ1v) is 7.30. The number of benzene rings is 1. The van der Waals surface area contributed by atoms with Crippen molar-refractivity contribution >= 4 is 21.8 Å². The van der Waals surface area contributed by atoms with Gasteiger partial charge in [-0.05, 0) is 30.5 Å². The highest BCUT2D eigenvalue weighted by atomic mass is 79.9. The molecule has 0 aromatic heterocycles. The number of amides is 1. The fourth-order valence-electron chi connectivity index (χ4n) is 1.93. The fourth-order valence-corrected chi connectivity index (χ4v) is 2.29. The number of rotatable bonds is 6. The number of ether oxygens (including phenoxy) is 1. The van der Waals surface area contributed by atoms with Gasteiger partial charge in [-0.15, -0.1) is 0 Å². The molecule has 106 valence electrons. The van der Waals surface area contributed by atoms with Crippen molar-refractivity contribution in [3.63, 3.8) is 0 Å². The van der Waals surface area contributed by atoms with Gasteiger partial charge in [0.05, 0.1) is 6.61 Å². The van der Waals surface area contributed by atoms with Crippen LogP contribution in [0.15, 0.2) is 22.7 Å². The molecule has 0 radical (unpaired) electrons. The molecule has 0 saturated carbocycles. The summed E-state index contributed by atoms with van der Waals surface area (Å²) in [7, 11) is 1.66. The van der Waals surface area contributed by atoms with Gasteiger partial charge in [0.2, 0.25) is 0 Å². The molecule has 3 nitrogen and oxygen atoms in total. The molecule has 1 aromatic carbocycles. The Kier molecular flexibility index (Phi) is 6.52. The minimum absolute atomic E-state index is 0.0737. The molecule has 0 heterocycles. The van der Waals surface area contributed by atoms with E-state index in [1.807, 2.05) is 30.0 Å². The summed E-state index contributed by atoms with van der Waals surface area (Å²) in [5.74, 6) is 0.512. The molecular weight excluding hydrogens is 306 g/mol. The van der Waals surface area contributed by atoms with Crippen LogP contribution in [0.3, 0.4) is 0 Å². The smallest absolute Gasteiger partial charge is 0.254 e. The Morgan fingerprint density at radius 2 is 2.11 bits per heavy atom. The molecule has 4 heteroatoms. The molecular formula is C15H22BrNO2. The number of halogens is 1. The summed E-state index contributed by atoms with van der Waals surface area (Å²) in [6.07, 6.45) is 0. The molecule has 19 heavy (non-hydrogen) atoms. The zero-order chi connectivity index (χ0) is 14.4. The van der Waals surface area contributed by atoms with E-state index in [0.717, 1.165) is 22.1 Å². The van der Waals surface area contributed by atoms with E-state index in [4.69, 9.17) is 4.74 Å². The molecule has 0 fully saturated rings. The topological polar surface area (TPSA) is 29.5 Å². The van der Waals surface area contributed by atoms with Crippen LogP contribution in [0.2, 0.25) is 0 Å². The van der Waals surface area contributed by atoms with Gasteiger partial charge >= 0.3 is 0 Å². The van der Waals surface area contributed by atoms with E-state index in [1.165, 1.54) is 0 Å². The lowest BCUT2D eigenvalue weighted by Gasteiger charge is -2.25. The fraction of sp³-hybridized carbons (Fsp3) is 0.533. The zero-order valence-corrected chi connectivity index (χ0v) is 13.7. The first-order valence-electron chi connectivity index (χ1n) is 6.50. The number of hydrogen-bond acceptors (Lipinski definition) is 2. The van der Waals surface area contributed by atoms with Crippen LogP contribution in [0.25, 0.3) is 0 Å². The van der Waals surface area contributed by atoms with E-state index in [0.29, 0.717) is 19.1 Å². The predicted octanol–water partition coefficient (Wildman–Crippen LogP) is 3.50. The Bertz CT molecular complexity index is 432. The van der Waals surface area contributed by atoms with Crippen molar-refractivity contribution in [3.05, 3.63) is 33.8 Å². The van der Waals surface area contributed by atoms with Gasteiger partial charge in [-0.25, -0.2) is 0 Å². The molecule has 0 N–H and O–H groups in total. The molecule has 0 unspecified atom stereocenters. The van der Waals surface area contributed by atoms with Crippen molar-refractivity contribution in [2.24, 2.45) is 5.92 Å². The number of carbonyl (C=O) groups is 1. The van der Waals surface area contributed by atoms with Crippen LogP contribution < -0.4 is 0 Å². The Morgan fingerprint density at radius 1 is 1.42 bits per heavy atom. The maximum absolute atomic E-state index is 12.6. The molecule has 0 atom stereocenters. The van der Waals surface area contributed by atoms with E-state index < -0.39 is 0 Å². The third-order valence-electron chi connectivity index (χ3n) is 2.94. The summed E-state index contributed by atoms with van der Waals surface area (Å²) in [5.41, 5.74) is 1.74. The van der Waals surface area contributed by atoms with Crippen molar-refractivity contribution in [3.8, 4) is 0 Å². The highest BCUT2D eigenvalue weighted by Gasteiger charge is 2.19. The van der Waals surface area contributed by atoms with Gasteiger partial charge < -0.3 is 9.64 Å². The number of carbonyl (C=O) groups excluding carboxylic acids is 1. The van der Waals surface area contributed by atoms with Gasteiger partial charge in [0, 0.05) is 30.2 Å². The molecule has 0 aliphatic heterocycles. The second-order valence-electron chi connectivity index (χ2n) is 5.05. The van der Waals surface area contributed by atoms with E-state index >= 15 is 0 Å². The summed E-state index contributed by atoms with van der Waals surface area (Å²) < 4.78 is 6.06. The van der Waals surface area contributed by atoms with Gasteiger partial charge in [-0.2, -0.15) is 0 Å². The van der Waals surface area contributed by atoms with Gasteiger partial charge in [-0.1, -0.05) is 35.8 Å². The van der Waals surface area contributed by atoms with Crippen LogP contribution in [-0.2, 0) is 4.74 Å². The van der Waals surface area contributed by atoms with E-state index in [9.17, 15) is 4.79 Å². The minimum atomic E-state index is 0.0737. The average molecular weight is 328 g/mol. The van der Waals surface area contributed by atoms with E-state index in [-0.39, 0.29) is 5.91 Å². The van der Waals surface area contributed by atoms with Crippen LogP contribution in [0.1, 0.15) is 29.8 Å². The summed E-state index contributed by atoms with van der Waals surface area (Å²) in [5, 5.41) is 0. The van der Waals surface area contributed by atoms with Crippen LogP contribution in [0, 0.1) is 12.8 Å². The molecule has 1 rings (SSSR count). The van der Waals surface area contributed by atoms with Crippen LogP contribution in [-0.4, -0.2) is 37.6 Å². The summed E-state index contributed by atoms with van der Waals surface area (Å²) in [6.45, 7) is 8.11. The van der Waals surface area contributed by atoms with E-state index in [1.54, 1.807) is 7.11 Å². The second-order valence-corrected chi connectivity index (χ2v) is 5.90. The zero-order valence-electron chi connectivity index (χ0n) is 12.1. The summed E-state index contributed by atoms with van der Waals surface area (Å²) in [4.78, 5) is 14.5. The SMILES string of the molecule is COCCN(CC(C)C)C(=O)c1cccc(Br)c1C. The third kappa shape index (κ3) is 4.62. The first-order chi connectivity index (χ1) is 8.97. The molecule has 0 bridgehead atoms. The van der Waals surface area contributed by atoms with Crippen molar-refractivity contribution in [1.82, 2.24) is 4.90 Å². The van der Waals surface area contributed by atoms with Crippen LogP contribution >= 0.6 is 15.9 Å². The molecule has 0 spiro atoms. The Labute approximate surface area is 124 Å². The van der Waals surface area contributed by atoms with Crippen LogP contribution in [0.4, 0.5) is 0 Å². The monoisotopic (exact) mass is 327 g/mol. The number of nitrogens with zero attached hydrogens (tertiary/aromatic N) is 1. The highest BCUT2D eigenvalue weighted by Crippen LogP contribution is 2.21. The van der Waals surface area contributed by atoms with E-state index in [2.05, 4.69) is 29.8 Å². The number of methoxy groups -OCH3 is 1. The lowest BCUT2D eigenvalue weighted by molar-refractivity contribution is 0.0671. The average Bonchev–Trinajstić information content (AvgIpc) is 2.36. The van der Waals surface area contributed by atoms with Gasteiger partial charge in [0.15, 0.2) is 0 Å². The maximum Gasteiger partial charge on any atom is 0.254 e. The normalized spacial score (nSPS) is 10.8. The summed E-state index contributed by atoms with van der Waals surface area (Å²) >= 11 is 3.47. The summed E-state index contributed by atoms with van der Waals surface area (Å²) in [6, 6.07) is 5.73. The standard InChI is InChI=1S/C15H22BrNO2/c1-11(2)10-17(8-9-19-4)15(18)13-6-5-7-14(16)12(13)3/h5-7,11H,8-10H2,1-4H3. The lowest BCUT2D eigenvalue weighted by Crippen LogP contribution is -2.37. The van der Waals surface area contributed by atoms with Gasteiger partial charge in [0.1, 0.15) is 0 Å². The number of hydrogen-bond donors (Lipinski definition) is 0. The highest BCUT2D eigenvalue weighted by molar-refractivity contribution is 9.10. The molecule has 1 amide bonds. The molecule has 0 aliphatic carbocycles. The largest absolute Gasteiger partial charge is 0.383 e. The van der Waals surface area contributed by atoms with Crippen molar-refractivity contribution < 1.29 is 9.53 Å². The van der Waals surface area contributed by atoms with Crippen molar-refractivity contribution in [2.45, 2.75) is 20.8 Å². The Hall–Kier alpha value is -0.870. The molecule has 0 aliphatic rings. The Morgan fingerprint density at radius 3 is 2.68 bits per heavy atom. The van der Waals surface area contributed by atoms with Crippen molar-refractivity contribution in [2.75, 3.05) is 26.8 Å². The Balaban J connectivity index is 2.94. The van der Waals surface area contributed by atoms with Gasteiger partial charge in [-0.3, -0.25) is 4.79 Å². The maximum atomic E-state index is 12.6. The predicted molar refractivity (Wildman–Crippen MR) is 81.5 cm³/mol.